The average molecular weight is 432 g/mol. The van der Waals surface area contributed by atoms with Crippen LogP contribution in [0, 0.1) is 0 Å². The summed E-state index contributed by atoms with van der Waals surface area (Å²) in [4.78, 5) is 12.5. The number of methoxy groups -OCH3 is 1. The highest BCUT2D eigenvalue weighted by molar-refractivity contribution is 6.02. The van der Waals surface area contributed by atoms with Gasteiger partial charge >= 0.3 is 0 Å². The molecule has 0 amide bonds. The van der Waals surface area contributed by atoms with Crippen LogP contribution in [0.25, 0.3) is 0 Å². The molecule has 2 aromatic carbocycles. The summed E-state index contributed by atoms with van der Waals surface area (Å²) in [6, 6.07) is 9.59. The fourth-order valence-corrected chi connectivity index (χ4v) is 3.72. The molecule has 4 N–H and O–H groups in total. The SMILES string of the molecule is COc1cc(O)c2c(c1)OC(c1ccc(OC3OC(C)C(O)C(O)C3O)cc1)CC2=O. The maximum atomic E-state index is 12.5. The molecule has 1 saturated heterocycles. The second-order valence-corrected chi connectivity index (χ2v) is 7.62. The van der Waals surface area contributed by atoms with E-state index in [0.29, 0.717) is 17.1 Å². The number of ether oxygens (including phenoxy) is 4. The Bertz CT molecular complexity index is 958. The molecule has 6 atom stereocenters. The first-order chi connectivity index (χ1) is 14.8. The lowest BCUT2D eigenvalue weighted by Crippen LogP contribution is -2.58. The Morgan fingerprint density at radius 3 is 2.39 bits per heavy atom. The highest BCUT2D eigenvalue weighted by Gasteiger charge is 2.43. The zero-order valence-electron chi connectivity index (χ0n) is 17.0. The second-order valence-electron chi connectivity index (χ2n) is 7.62. The van der Waals surface area contributed by atoms with Crippen molar-refractivity contribution in [3.05, 3.63) is 47.5 Å². The molecule has 0 bridgehead atoms. The lowest BCUT2D eigenvalue weighted by molar-refractivity contribution is -0.268. The van der Waals surface area contributed by atoms with Gasteiger partial charge in [0, 0.05) is 12.1 Å². The molecule has 2 aromatic rings. The highest BCUT2D eigenvalue weighted by Crippen LogP contribution is 2.42. The number of fused-ring (bicyclic) bond motifs is 1. The molecular formula is C22H24O9. The minimum atomic E-state index is -1.41. The Labute approximate surface area is 178 Å². The van der Waals surface area contributed by atoms with Crippen molar-refractivity contribution in [3.8, 4) is 23.0 Å². The molecular weight excluding hydrogens is 408 g/mol. The number of aromatic hydroxyl groups is 1. The van der Waals surface area contributed by atoms with Crippen molar-refractivity contribution in [1.29, 1.82) is 0 Å². The van der Waals surface area contributed by atoms with Crippen LogP contribution in [0.15, 0.2) is 36.4 Å². The van der Waals surface area contributed by atoms with Gasteiger partial charge in [0.05, 0.1) is 19.6 Å². The average Bonchev–Trinajstić information content (AvgIpc) is 2.75. The van der Waals surface area contributed by atoms with Crippen LogP contribution in [0.3, 0.4) is 0 Å². The topological polar surface area (TPSA) is 135 Å². The predicted molar refractivity (Wildman–Crippen MR) is 106 cm³/mol. The zero-order chi connectivity index (χ0) is 22.3. The lowest BCUT2D eigenvalue weighted by Gasteiger charge is -2.38. The highest BCUT2D eigenvalue weighted by atomic mass is 16.7. The van der Waals surface area contributed by atoms with E-state index in [1.165, 1.54) is 13.2 Å². The molecule has 0 saturated carbocycles. The number of phenolic OH excluding ortho intramolecular Hbond substituents is 1. The second kappa shape index (κ2) is 8.35. The fourth-order valence-electron chi connectivity index (χ4n) is 3.72. The van der Waals surface area contributed by atoms with Gasteiger partial charge in [-0.25, -0.2) is 0 Å². The van der Waals surface area contributed by atoms with E-state index in [4.69, 9.17) is 18.9 Å². The largest absolute Gasteiger partial charge is 0.507 e. The third kappa shape index (κ3) is 4.05. The molecule has 4 rings (SSSR count). The Morgan fingerprint density at radius 2 is 1.71 bits per heavy atom. The lowest BCUT2D eigenvalue weighted by atomic mass is 9.95. The number of hydrogen-bond donors (Lipinski definition) is 4. The van der Waals surface area contributed by atoms with Crippen molar-refractivity contribution in [2.24, 2.45) is 0 Å². The summed E-state index contributed by atoms with van der Waals surface area (Å²) in [7, 11) is 1.45. The molecule has 9 nitrogen and oxygen atoms in total. The third-order valence-corrected chi connectivity index (χ3v) is 5.52. The molecule has 2 aliphatic heterocycles. The van der Waals surface area contributed by atoms with Gasteiger partial charge in [0.15, 0.2) is 5.78 Å². The minimum absolute atomic E-state index is 0.0547. The maximum Gasteiger partial charge on any atom is 0.229 e. The summed E-state index contributed by atoms with van der Waals surface area (Å²) < 4.78 is 22.1. The summed E-state index contributed by atoms with van der Waals surface area (Å²) in [6.07, 6.45) is -6.37. The quantitative estimate of drug-likeness (QED) is 0.564. The van der Waals surface area contributed by atoms with Crippen LogP contribution in [-0.4, -0.2) is 64.0 Å². The Morgan fingerprint density at radius 1 is 1.00 bits per heavy atom. The van der Waals surface area contributed by atoms with E-state index in [0.717, 1.165) is 0 Å². The maximum absolute atomic E-state index is 12.5. The van der Waals surface area contributed by atoms with Gasteiger partial charge in [-0.1, -0.05) is 12.1 Å². The first-order valence-corrected chi connectivity index (χ1v) is 9.85. The van der Waals surface area contributed by atoms with Crippen molar-refractivity contribution in [2.75, 3.05) is 7.11 Å². The number of Topliss-reactive ketones (excluding diaryl/α,β-unsaturated/α-hetero) is 1. The van der Waals surface area contributed by atoms with E-state index in [1.807, 2.05) is 0 Å². The van der Waals surface area contributed by atoms with E-state index in [2.05, 4.69) is 0 Å². The standard InChI is InChI=1S/C22H24O9/c1-10-19(25)20(26)21(27)22(29-10)30-12-5-3-11(4-6-12)16-9-15(24)18-14(23)7-13(28-2)8-17(18)31-16/h3-8,10,16,19-23,25-27H,9H2,1-2H3. The van der Waals surface area contributed by atoms with E-state index in [-0.39, 0.29) is 29.3 Å². The zero-order valence-corrected chi connectivity index (χ0v) is 17.0. The number of aliphatic hydroxyl groups is 3. The van der Waals surface area contributed by atoms with Crippen LogP contribution in [0.5, 0.6) is 23.0 Å². The summed E-state index contributed by atoms with van der Waals surface area (Å²) >= 11 is 0. The molecule has 166 valence electrons. The smallest absolute Gasteiger partial charge is 0.229 e. The van der Waals surface area contributed by atoms with E-state index in [9.17, 15) is 25.2 Å². The molecule has 0 aliphatic carbocycles. The number of phenols is 1. The normalized spacial score (nSPS) is 30.3. The van der Waals surface area contributed by atoms with Crippen molar-refractivity contribution < 1.29 is 44.2 Å². The number of hydrogen-bond acceptors (Lipinski definition) is 9. The van der Waals surface area contributed by atoms with Gasteiger partial charge in [-0.05, 0) is 24.6 Å². The van der Waals surface area contributed by atoms with Crippen molar-refractivity contribution in [2.45, 2.75) is 50.2 Å². The summed E-state index contributed by atoms with van der Waals surface area (Å²) in [6.45, 7) is 1.57. The van der Waals surface area contributed by atoms with Crippen molar-refractivity contribution in [1.82, 2.24) is 0 Å². The molecule has 0 spiro atoms. The van der Waals surface area contributed by atoms with Gasteiger partial charge in [-0.15, -0.1) is 0 Å². The van der Waals surface area contributed by atoms with Crippen molar-refractivity contribution in [3.63, 3.8) is 0 Å². The van der Waals surface area contributed by atoms with E-state index < -0.39 is 36.8 Å². The summed E-state index contributed by atoms with van der Waals surface area (Å²) in [5.41, 5.74) is 0.845. The minimum Gasteiger partial charge on any atom is -0.507 e. The summed E-state index contributed by atoms with van der Waals surface area (Å²) in [5, 5.41) is 39.9. The Balaban J connectivity index is 1.49. The molecule has 1 fully saturated rings. The van der Waals surface area contributed by atoms with Gasteiger partial charge in [0.2, 0.25) is 6.29 Å². The molecule has 2 aliphatic rings. The van der Waals surface area contributed by atoms with Crippen LogP contribution < -0.4 is 14.2 Å². The van der Waals surface area contributed by atoms with Gasteiger partial charge in [-0.2, -0.15) is 0 Å². The first-order valence-electron chi connectivity index (χ1n) is 9.85. The summed E-state index contributed by atoms with van der Waals surface area (Å²) in [5.74, 6) is 0.561. The molecule has 9 heteroatoms. The molecule has 31 heavy (non-hydrogen) atoms. The fraction of sp³-hybridized carbons (Fsp3) is 0.409. The Hall–Kier alpha value is -2.85. The van der Waals surface area contributed by atoms with Crippen LogP contribution in [-0.2, 0) is 4.74 Å². The van der Waals surface area contributed by atoms with E-state index >= 15 is 0 Å². The van der Waals surface area contributed by atoms with E-state index in [1.54, 1.807) is 37.3 Å². The number of carbonyl (C=O) groups excluding carboxylic acids is 1. The van der Waals surface area contributed by atoms with Crippen LogP contribution in [0.4, 0.5) is 0 Å². The molecule has 0 radical (unpaired) electrons. The predicted octanol–water partition coefficient (Wildman–Crippen LogP) is 1.31. The number of rotatable bonds is 4. The number of ketones is 1. The first kappa shape index (κ1) is 21.4. The molecule has 0 aromatic heterocycles. The number of carbonyl (C=O) groups is 1. The third-order valence-electron chi connectivity index (χ3n) is 5.52. The van der Waals surface area contributed by atoms with Crippen LogP contribution in [0.1, 0.15) is 35.4 Å². The number of aliphatic hydroxyl groups excluding tert-OH is 3. The number of benzene rings is 2. The van der Waals surface area contributed by atoms with Gasteiger partial charge in [0.25, 0.3) is 0 Å². The molecule has 2 heterocycles. The van der Waals surface area contributed by atoms with Crippen LogP contribution in [0.2, 0.25) is 0 Å². The van der Waals surface area contributed by atoms with Gasteiger partial charge in [0.1, 0.15) is 53.0 Å². The Kier molecular flexibility index (Phi) is 5.76. The van der Waals surface area contributed by atoms with Gasteiger partial charge in [-0.3, -0.25) is 4.79 Å². The van der Waals surface area contributed by atoms with Crippen LogP contribution >= 0.6 is 0 Å². The monoisotopic (exact) mass is 432 g/mol. The van der Waals surface area contributed by atoms with Crippen molar-refractivity contribution >= 4 is 5.78 Å². The van der Waals surface area contributed by atoms with Gasteiger partial charge < -0.3 is 39.4 Å². The molecule has 6 unspecified atom stereocenters.